The van der Waals surface area contributed by atoms with Crippen LogP contribution >= 0.6 is 0 Å². The van der Waals surface area contributed by atoms with Crippen molar-refractivity contribution in [1.82, 2.24) is 5.32 Å². The fraction of sp³-hybridized carbons (Fsp3) is 0.700. The van der Waals surface area contributed by atoms with Crippen LogP contribution in [0, 0.1) is 5.92 Å². The summed E-state index contributed by atoms with van der Waals surface area (Å²) in [5.41, 5.74) is 3.88. The van der Waals surface area contributed by atoms with Crippen molar-refractivity contribution in [2.45, 2.75) is 76.7 Å². The highest BCUT2D eigenvalue weighted by molar-refractivity contribution is 5.38. The Bertz CT molecular complexity index is 479. The zero-order valence-corrected chi connectivity index (χ0v) is 14.0. The first-order chi connectivity index (χ1) is 10.0. The van der Waals surface area contributed by atoms with Crippen molar-refractivity contribution in [3.05, 3.63) is 35.4 Å². The molecule has 1 fully saturated rings. The van der Waals surface area contributed by atoms with Crippen LogP contribution in [0.3, 0.4) is 0 Å². The van der Waals surface area contributed by atoms with Crippen molar-refractivity contribution in [3.63, 3.8) is 0 Å². The Hall–Kier alpha value is -0.820. The minimum atomic E-state index is 0.206. The van der Waals surface area contributed by atoms with Gasteiger partial charge in [-0.1, -0.05) is 37.1 Å². The molecule has 0 radical (unpaired) electrons. The average molecular weight is 285 g/mol. The molecule has 1 nitrogen and oxygen atoms in total. The summed E-state index contributed by atoms with van der Waals surface area (Å²) in [6.45, 7) is 8.04. The molecule has 0 aromatic heterocycles. The van der Waals surface area contributed by atoms with E-state index in [0.717, 1.165) is 12.5 Å². The van der Waals surface area contributed by atoms with Crippen LogP contribution in [0.15, 0.2) is 24.3 Å². The highest BCUT2D eigenvalue weighted by Gasteiger charge is 2.44. The first-order valence-electron chi connectivity index (χ1n) is 8.85. The van der Waals surface area contributed by atoms with Crippen LogP contribution in [0.5, 0.6) is 0 Å². The second-order valence-corrected chi connectivity index (χ2v) is 8.25. The third kappa shape index (κ3) is 3.04. The maximum atomic E-state index is 3.85. The molecular weight excluding hydrogens is 254 g/mol. The number of aryl methyl sites for hydroxylation is 1. The molecule has 0 amide bonds. The Morgan fingerprint density at radius 2 is 1.81 bits per heavy atom. The Morgan fingerprint density at radius 3 is 2.52 bits per heavy atom. The lowest BCUT2D eigenvalue weighted by Crippen LogP contribution is -2.50. The summed E-state index contributed by atoms with van der Waals surface area (Å²) >= 11 is 0. The van der Waals surface area contributed by atoms with Gasteiger partial charge in [0.15, 0.2) is 0 Å². The smallest absolute Gasteiger partial charge is 0.0109 e. The van der Waals surface area contributed by atoms with Gasteiger partial charge >= 0.3 is 0 Å². The number of hydrogen-bond acceptors (Lipinski definition) is 1. The molecule has 1 heteroatoms. The Labute approximate surface area is 130 Å². The van der Waals surface area contributed by atoms with E-state index >= 15 is 0 Å². The second-order valence-electron chi connectivity index (χ2n) is 8.25. The van der Waals surface area contributed by atoms with Crippen LogP contribution in [-0.2, 0) is 11.8 Å². The van der Waals surface area contributed by atoms with Crippen molar-refractivity contribution >= 4 is 0 Å². The lowest BCUT2D eigenvalue weighted by atomic mass is 9.62. The van der Waals surface area contributed by atoms with Gasteiger partial charge in [-0.05, 0) is 69.9 Å². The van der Waals surface area contributed by atoms with Crippen molar-refractivity contribution < 1.29 is 0 Å². The van der Waals surface area contributed by atoms with Gasteiger partial charge in [0.25, 0.3) is 0 Å². The molecule has 1 saturated carbocycles. The monoisotopic (exact) mass is 285 g/mol. The van der Waals surface area contributed by atoms with Gasteiger partial charge in [-0.25, -0.2) is 0 Å². The minimum absolute atomic E-state index is 0.206. The first kappa shape index (κ1) is 15.1. The van der Waals surface area contributed by atoms with Gasteiger partial charge in [-0.3, -0.25) is 0 Å². The second kappa shape index (κ2) is 5.76. The van der Waals surface area contributed by atoms with Gasteiger partial charge in [0.2, 0.25) is 0 Å². The fourth-order valence-electron chi connectivity index (χ4n) is 4.61. The van der Waals surface area contributed by atoms with Gasteiger partial charge in [-0.15, -0.1) is 0 Å². The molecule has 1 aromatic carbocycles. The maximum Gasteiger partial charge on any atom is 0.0109 e. The Balaban J connectivity index is 1.97. The Morgan fingerprint density at radius 1 is 1.10 bits per heavy atom. The van der Waals surface area contributed by atoms with E-state index in [4.69, 9.17) is 0 Å². The van der Waals surface area contributed by atoms with Gasteiger partial charge < -0.3 is 5.32 Å². The molecule has 0 spiro atoms. The van der Waals surface area contributed by atoms with E-state index in [1.165, 1.54) is 44.9 Å². The van der Waals surface area contributed by atoms with Crippen LogP contribution in [0.1, 0.15) is 70.4 Å². The maximum absolute atomic E-state index is 3.85. The van der Waals surface area contributed by atoms with E-state index in [9.17, 15) is 0 Å². The van der Waals surface area contributed by atoms with E-state index < -0.39 is 0 Å². The summed E-state index contributed by atoms with van der Waals surface area (Å²) in [6.07, 6.45) is 9.74. The molecular formula is C20H31N. The van der Waals surface area contributed by atoms with Gasteiger partial charge in [0.05, 0.1) is 0 Å². The highest BCUT2D eigenvalue weighted by Crippen LogP contribution is 2.48. The number of fused-ring (bicyclic) bond motifs is 1. The summed E-state index contributed by atoms with van der Waals surface area (Å²) in [7, 11) is 0. The molecule has 2 aliphatic carbocycles. The molecule has 3 rings (SSSR count). The third-order valence-electron chi connectivity index (χ3n) is 5.69. The van der Waals surface area contributed by atoms with E-state index in [1.54, 1.807) is 11.1 Å². The molecule has 1 unspecified atom stereocenters. The highest BCUT2D eigenvalue weighted by atomic mass is 15.0. The van der Waals surface area contributed by atoms with Crippen LogP contribution in [0.2, 0.25) is 0 Å². The molecule has 0 saturated heterocycles. The van der Waals surface area contributed by atoms with E-state index in [0.29, 0.717) is 5.41 Å². The molecule has 1 aromatic rings. The van der Waals surface area contributed by atoms with Gasteiger partial charge in [0, 0.05) is 17.5 Å². The summed E-state index contributed by atoms with van der Waals surface area (Å²) in [6, 6.07) is 9.28. The third-order valence-corrected chi connectivity index (χ3v) is 5.69. The van der Waals surface area contributed by atoms with Crippen LogP contribution in [0.4, 0.5) is 0 Å². The lowest BCUT2D eigenvalue weighted by molar-refractivity contribution is 0.205. The molecule has 1 atom stereocenters. The topological polar surface area (TPSA) is 12.0 Å². The zero-order valence-electron chi connectivity index (χ0n) is 14.0. The summed E-state index contributed by atoms with van der Waals surface area (Å²) in [5.74, 6) is 0.883. The van der Waals surface area contributed by atoms with E-state index in [2.05, 4.69) is 50.4 Å². The van der Waals surface area contributed by atoms with Gasteiger partial charge in [-0.2, -0.15) is 0 Å². The molecule has 0 aliphatic heterocycles. The molecule has 116 valence electrons. The summed E-state index contributed by atoms with van der Waals surface area (Å²) in [4.78, 5) is 0. The molecule has 0 heterocycles. The van der Waals surface area contributed by atoms with Gasteiger partial charge in [0.1, 0.15) is 0 Å². The normalized spacial score (nSPS) is 26.8. The number of rotatable bonds is 3. The van der Waals surface area contributed by atoms with E-state index in [1.807, 2.05) is 0 Å². The number of benzene rings is 1. The van der Waals surface area contributed by atoms with Crippen LogP contribution in [-0.4, -0.2) is 12.1 Å². The molecule has 2 aliphatic rings. The molecule has 0 bridgehead atoms. The molecule has 21 heavy (non-hydrogen) atoms. The molecule has 1 N–H and O–H groups in total. The Kier molecular flexibility index (Phi) is 4.14. The van der Waals surface area contributed by atoms with Crippen LogP contribution in [0.25, 0.3) is 0 Å². The quantitative estimate of drug-likeness (QED) is 0.838. The largest absolute Gasteiger partial charge is 0.311 e. The average Bonchev–Trinajstić information content (AvgIpc) is 2.99. The number of nitrogens with one attached hydrogen (secondary N) is 1. The fourth-order valence-corrected chi connectivity index (χ4v) is 4.61. The number of hydrogen-bond donors (Lipinski definition) is 1. The minimum Gasteiger partial charge on any atom is -0.311 e. The standard InChI is InChI=1S/C20H31N/c1-19(2,3)21-15-20(17-11-5-6-12-17)14-8-10-16-9-4-7-13-18(16)20/h4,7,9,13,17,21H,5-6,8,10-12,14-15H2,1-3H3. The predicted molar refractivity (Wildman–Crippen MR) is 90.8 cm³/mol. The predicted octanol–water partition coefficient (Wildman–Crippen LogP) is 4.84. The first-order valence-corrected chi connectivity index (χ1v) is 8.85. The zero-order chi connectivity index (χ0) is 14.9. The van der Waals surface area contributed by atoms with Crippen molar-refractivity contribution in [3.8, 4) is 0 Å². The van der Waals surface area contributed by atoms with Crippen molar-refractivity contribution in [1.29, 1.82) is 0 Å². The SMILES string of the molecule is CC(C)(C)NCC1(C2CCCC2)CCCc2ccccc21. The summed E-state index contributed by atoms with van der Waals surface area (Å²) < 4.78 is 0. The van der Waals surface area contributed by atoms with Crippen molar-refractivity contribution in [2.24, 2.45) is 5.92 Å². The van der Waals surface area contributed by atoms with E-state index in [-0.39, 0.29) is 5.54 Å². The van der Waals surface area contributed by atoms with Crippen molar-refractivity contribution in [2.75, 3.05) is 6.54 Å². The van der Waals surface area contributed by atoms with Crippen LogP contribution < -0.4 is 5.32 Å². The summed E-state index contributed by atoms with van der Waals surface area (Å²) in [5, 5.41) is 3.85. The lowest BCUT2D eigenvalue weighted by Gasteiger charge is -2.45.